The van der Waals surface area contributed by atoms with Gasteiger partial charge in [0.15, 0.2) is 6.61 Å². The number of ether oxygens (including phenoxy) is 2. The van der Waals surface area contributed by atoms with Crippen molar-refractivity contribution in [1.82, 2.24) is 4.90 Å². The van der Waals surface area contributed by atoms with Crippen LogP contribution in [0.2, 0.25) is 10.0 Å². The van der Waals surface area contributed by atoms with E-state index in [0.29, 0.717) is 36.3 Å². The summed E-state index contributed by atoms with van der Waals surface area (Å²) in [5.74, 6) is -0.457. The van der Waals surface area contributed by atoms with Crippen LogP contribution in [0.25, 0.3) is 6.08 Å². The van der Waals surface area contributed by atoms with Crippen LogP contribution in [-0.2, 0) is 20.9 Å². The Kier molecular flexibility index (Phi) is 7.46. The van der Waals surface area contributed by atoms with E-state index in [2.05, 4.69) is 20.7 Å². The maximum Gasteiger partial charge on any atom is 0.343 e. The molecule has 1 saturated heterocycles. The SMILES string of the molecule is COC(=O)COc1ccc(/C=C2\SC(=O)N(Cc3ccc(Cl)cc3Cl)C2=O)cc1Br. The Morgan fingerprint density at radius 1 is 1.20 bits per heavy atom. The number of carbonyl (C=O) groups is 3. The summed E-state index contributed by atoms with van der Waals surface area (Å²) in [5.41, 5.74) is 1.31. The lowest BCUT2D eigenvalue weighted by Gasteiger charge is -2.13. The second kappa shape index (κ2) is 9.87. The number of benzene rings is 2. The third kappa shape index (κ3) is 5.37. The molecule has 2 amide bonds. The molecule has 1 aliphatic heterocycles. The molecular weight excluding hydrogens is 517 g/mol. The summed E-state index contributed by atoms with van der Waals surface area (Å²) in [6.07, 6.45) is 1.61. The molecule has 30 heavy (non-hydrogen) atoms. The predicted molar refractivity (Wildman–Crippen MR) is 120 cm³/mol. The number of carbonyl (C=O) groups excluding carboxylic acids is 3. The summed E-state index contributed by atoms with van der Waals surface area (Å²) >= 11 is 16.3. The average Bonchev–Trinajstić information content (AvgIpc) is 2.96. The number of nitrogens with zero attached hydrogens (tertiary/aromatic N) is 1. The van der Waals surface area contributed by atoms with Crippen molar-refractivity contribution in [3.63, 3.8) is 0 Å². The van der Waals surface area contributed by atoms with E-state index >= 15 is 0 Å². The van der Waals surface area contributed by atoms with Gasteiger partial charge in [-0.3, -0.25) is 14.5 Å². The topological polar surface area (TPSA) is 72.9 Å². The Balaban J connectivity index is 1.75. The zero-order valence-electron chi connectivity index (χ0n) is 15.5. The molecule has 2 aromatic rings. The number of rotatable bonds is 6. The number of thioether (sulfide) groups is 1. The van der Waals surface area contributed by atoms with Crippen molar-refractivity contribution in [2.24, 2.45) is 0 Å². The van der Waals surface area contributed by atoms with Gasteiger partial charge in [-0.1, -0.05) is 35.3 Å². The highest BCUT2D eigenvalue weighted by Gasteiger charge is 2.35. The van der Waals surface area contributed by atoms with E-state index in [4.69, 9.17) is 27.9 Å². The van der Waals surface area contributed by atoms with Gasteiger partial charge < -0.3 is 9.47 Å². The zero-order chi connectivity index (χ0) is 21.8. The number of esters is 1. The summed E-state index contributed by atoms with van der Waals surface area (Å²) < 4.78 is 10.5. The van der Waals surface area contributed by atoms with Gasteiger partial charge in [-0.2, -0.15) is 0 Å². The lowest BCUT2D eigenvalue weighted by atomic mass is 10.2. The first-order chi connectivity index (χ1) is 14.3. The largest absolute Gasteiger partial charge is 0.481 e. The van der Waals surface area contributed by atoms with Gasteiger partial charge in [0.1, 0.15) is 5.75 Å². The minimum Gasteiger partial charge on any atom is -0.481 e. The fourth-order valence-electron chi connectivity index (χ4n) is 2.53. The summed E-state index contributed by atoms with van der Waals surface area (Å²) in [7, 11) is 1.28. The summed E-state index contributed by atoms with van der Waals surface area (Å²) in [6.45, 7) is -0.164. The van der Waals surface area contributed by atoms with E-state index in [9.17, 15) is 14.4 Å². The Morgan fingerprint density at radius 2 is 1.97 bits per heavy atom. The van der Waals surface area contributed by atoms with Gasteiger partial charge in [-0.05, 0) is 69.2 Å². The standard InChI is InChI=1S/C20H14BrCl2NO5S/c1-28-18(25)10-29-16-5-2-11(6-14(16)21)7-17-19(26)24(20(27)30-17)9-12-3-4-13(22)8-15(12)23/h2-8H,9-10H2,1H3/b17-7-. The fraction of sp³-hybridized carbons (Fsp3) is 0.150. The van der Waals surface area contributed by atoms with Crippen LogP contribution < -0.4 is 4.74 Å². The quantitative estimate of drug-likeness (QED) is 0.360. The number of amides is 2. The van der Waals surface area contributed by atoms with Crippen molar-refractivity contribution in [1.29, 1.82) is 0 Å². The minimum atomic E-state index is -0.500. The zero-order valence-corrected chi connectivity index (χ0v) is 19.4. The highest BCUT2D eigenvalue weighted by Crippen LogP contribution is 2.35. The van der Waals surface area contributed by atoms with Crippen molar-refractivity contribution < 1.29 is 23.9 Å². The smallest absolute Gasteiger partial charge is 0.343 e. The molecule has 1 aliphatic rings. The summed E-state index contributed by atoms with van der Waals surface area (Å²) in [4.78, 5) is 37.7. The molecule has 2 aromatic carbocycles. The lowest BCUT2D eigenvalue weighted by Crippen LogP contribution is -2.27. The molecule has 0 aromatic heterocycles. The molecule has 0 saturated carbocycles. The van der Waals surface area contributed by atoms with E-state index in [0.717, 1.165) is 16.7 Å². The molecule has 6 nitrogen and oxygen atoms in total. The highest BCUT2D eigenvalue weighted by molar-refractivity contribution is 9.10. The van der Waals surface area contributed by atoms with Crippen LogP contribution in [0.5, 0.6) is 5.75 Å². The Bertz CT molecular complexity index is 1060. The maximum absolute atomic E-state index is 12.7. The van der Waals surface area contributed by atoms with Crippen molar-refractivity contribution in [3.8, 4) is 5.75 Å². The van der Waals surface area contributed by atoms with Crippen LogP contribution >= 0.6 is 50.9 Å². The number of halogens is 3. The van der Waals surface area contributed by atoms with Crippen molar-refractivity contribution in [3.05, 3.63) is 66.9 Å². The summed E-state index contributed by atoms with van der Waals surface area (Å²) in [5, 5.41) is 0.480. The highest BCUT2D eigenvalue weighted by atomic mass is 79.9. The van der Waals surface area contributed by atoms with Crippen LogP contribution in [-0.4, -0.2) is 35.7 Å². The molecule has 0 unspecified atom stereocenters. The van der Waals surface area contributed by atoms with Crippen LogP contribution in [0.4, 0.5) is 4.79 Å². The van der Waals surface area contributed by atoms with E-state index in [1.165, 1.54) is 7.11 Å². The van der Waals surface area contributed by atoms with Gasteiger partial charge in [0, 0.05) is 10.0 Å². The number of methoxy groups -OCH3 is 1. The molecule has 3 rings (SSSR count). The number of hydrogen-bond donors (Lipinski definition) is 0. The first-order valence-corrected chi connectivity index (χ1v) is 10.8. The molecule has 0 radical (unpaired) electrons. The molecule has 0 spiro atoms. The van der Waals surface area contributed by atoms with Crippen LogP contribution in [0, 0.1) is 0 Å². The maximum atomic E-state index is 12.7. The molecule has 1 fully saturated rings. The Hall–Kier alpha value is -2.00. The van der Waals surface area contributed by atoms with E-state index < -0.39 is 11.9 Å². The monoisotopic (exact) mass is 529 g/mol. The van der Waals surface area contributed by atoms with Gasteiger partial charge in [-0.15, -0.1) is 0 Å². The first-order valence-electron chi connectivity index (χ1n) is 8.47. The third-order valence-electron chi connectivity index (χ3n) is 4.04. The lowest BCUT2D eigenvalue weighted by molar-refractivity contribution is -0.142. The molecule has 0 bridgehead atoms. The molecule has 0 aliphatic carbocycles. The third-order valence-corrected chi connectivity index (χ3v) is 6.16. The van der Waals surface area contributed by atoms with Gasteiger partial charge >= 0.3 is 5.97 Å². The van der Waals surface area contributed by atoms with Gasteiger partial charge in [0.2, 0.25) is 0 Å². The Morgan fingerprint density at radius 3 is 2.63 bits per heavy atom. The molecular formula is C20H14BrCl2NO5S. The van der Waals surface area contributed by atoms with Crippen molar-refractivity contribution in [2.45, 2.75) is 6.54 Å². The minimum absolute atomic E-state index is 0.0575. The van der Waals surface area contributed by atoms with E-state index in [1.54, 1.807) is 42.5 Å². The molecule has 0 N–H and O–H groups in total. The van der Waals surface area contributed by atoms with Gasteiger partial charge in [0.25, 0.3) is 11.1 Å². The van der Waals surface area contributed by atoms with Crippen LogP contribution in [0.3, 0.4) is 0 Å². The van der Waals surface area contributed by atoms with E-state index in [1.807, 2.05) is 0 Å². The molecule has 1 heterocycles. The fourth-order valence-corrected chi connectivity index (χ4v) is 4.34. The normalized spacial score (nSPS) is 15.1. The second-order valence-corrected chi connectivity index (χ2v) is 8.75. The van der Waals surface area contributed by atoms with Crippen molar-refractivity contribution >= 4 is 74.1 Å². The molecule has 0 atom stereocenters. The average molecular weight is 531 g/mol. The van der Waals surface area contributed by atoms with Gasteiger partial charge in [0.05, 0.1) is 23.0 Å². The predicted octanol–water partition coefficient (Wildman–Crippen LogP) is 5.54. The number of imide groups is 1. The van der Waals surface area contributed by atoms with Gasteiger partial charge in [-0.25, -0.2) is 4.79 Å². The second-order valence-electron chi connectivity index (χ2n) is 6.06. The first kappa shape index (κ1) is 22.7. The molecule has 156 valence electrons. The summed E-state index contributed by atoms with van der Waals surface area (Å²) in [6, 6.07) is 9.98. The van der Waals surface area contributed by atoms with Crippen LogP contribution in [0.1, 0.15) is 11.1 Å². The van der Waals surface area contributed by atoms with Crippen molar-refractivity contribution in [2.75, 3.05) is 13.7 Å². The molecule has 10 heteroatoms. The van der Waals surface area contributed by atoms with Crippen LogP contribution in [0.15, 0.2) is 45.8 Å². The van der Waals surface area contributed by atoms with E-state index in [-0.39, 0.29) is 18.4 Å². The number of hydrogen-bond acceptors (Lipinski definition) is 6. The Labute approximate surface area is 195 Å².